The van der Waals surface area contributed by atoms with Gasteiger partial charge < -0.3 is 4.57 Å². The van der Waals surface area contributed by atoms with Gasteiger partial charge in [0.15, 0.2) is 0 Å². The second-order valence-corrected chi connectivity index (χ2v) is 8.15. The predicted molar refractivity (Wildman–Crippen MR) is 129 cm³/mol. The van der Waals surface area contributed by atoms with Crippen LogP contribution in [-0.2, 0) is 12.8 Å². The quantitative estimate of drug-likeness (QED) is 0.329. The van der Waals surface area contributed by atoms with Crippen LogP contribution in [0.4, 0.5) is 0 Å². The molecule has 0 saturated carbocycles. The Morgan fingerprint density at radius 2 is 1.67 bits per heavy atom. The van der Waals surface area contributed by atoms with Gasteiger partial charge in [-0.15, -0.1) is 0 Å². The highest BCUT2D eigenvalue weighted by molar-refractivity contribution is 5.93. The molecule has 2 nitrogen and oxygen atoms in total. The minimum atomic E-state index is 0.528. The molecule has 0 spiro atoms. The molecule has 0 bridgehead atoms. The summed E-state index contributed by atoms with van der Waals surface area (Å²) in [6.45, 7) is 12.9. The maximum atomic E-state index is 4.92. The molecular formula is C28H30N2. The third kappa shape index (κ3) is 3.47. The average Bonchev–Trinajstić information content (AvgIpc) is 3.16. The van der Waals surface area contributed by atoms with Crippen LogP contribution in [-0.4, -0.2) is 9.55 Å². The van der Waals surface area contributed by atoms with Crippen molar-refractivity contribution in [2.24, 2.45) is 0 Å². The van der Waals surface area contributed by atoms with Gasteiger partial charge in [-0.05, 0) is 59.2 Å². The number of benzene rings is 2. The van der Waals surface area contributed by atoms with E-state index in [1.54, 1.807) is 0 Å². The number of fused-ring (bicyclic) bond motifs is 1. The van der Waals surface area contributed by atoms with Crippen molar-refractivity contribution < 1.29 is 0 Å². The van der Waals surface area contributed by atoms with Gasteiger partial charge in [-0.2, -0.15) is 0 Å². The minimum absolute atomic E-state index is 0.528. The third-order valence-electron chi connectivity index (χ3n) is 6.03. The third-order valence-corrected chi connectivity index (χ3v) is 6.03. The molecule has 0 aliphatic carbocycles. The fourth-order valence-corrected chi connectivity index (χ4v) is 4.25. The zero-order valence-corrected chi connectivity index (χ0v) is 18.4. The lowest BCUT2D eigenvalue weighted by atomic mass is 9.94. The molecule has 2 aromatic carbocycles. The maximum Gasteiger partial charge on any atom is 0.0719 e. The van der Waals surface area contributed by atoms with Gasteiger partial charge in [0.1, 0.15) is 0 Å². The Kier molecular flexibility index (Phi) is 5.59. The molecule has 4 aromatic rings. The number of pyridine rings is 1. The lowest BCUT2D eigenvalue weighted by molar-refractivity contribution is 0.865. The zero-order chi connectivity index (χ0) is 21.3. The van der Waals surface area contributed by atoms with E-state index in [-0.39, 0.29) is 0 Å². The Bertz CT molecular complexity index is 1170. The average molecular weight is 395 g/mol. The fraction of sp³-hybridized carbons (Fsp3) is 0.250. The van der Waals surface area contributed by atoms with Gasteiger partial charge in [-0.25, -0.2) is 0 Å². The summed E-state index contributed by atoms with van der Waals surface area (Å²) < 4.78 is 2.22. The first-order chi connectivity index (χ1) is 14.6. The zero-order valence-electron chi connectivity index (χ0n) is 18.4. The first-order valence-electron chi connectivity index (χ1n) is 10.9. The molecule has 0 radical (unpaired) electrons. The van der Waals surface area contributed by atoms with Crippen molar-refractivity contribution in [3.05, 3.63) is 89.8 Å². The van der Waals surface area contributed by atoms with Gasteiger partial charge in [0, 0.05) is 22.8 Å². The molecule has 0 aliphatic rings. The molecular weight excluding hydrogens is 364 g/mol. The summed E-state index contributed by atoms with van der Waals surface area (Å²) in [5, 5.41) is 1.19. The van der Waals surface area contributed by atoms with Crippen LogP contribution in [0.2, 0.25) is 0 Å². The van der Waals surface area contributed by atoms with E-state index < -0.39 is 0 Å². The van der Waals surface area contributed by atoms with Crippen molar-refractivity contribution >= 4 is 17.0 Å². The van der Waals surface area contributed by atoms with Crippen LogP contribution in [0.15, 0.2) is 67.5 Å². The molecule has 0 atom stereocenters. The Morgan fingerprint density at radius 3 is 2.23 bits per heavy atom. The molecule has 0 N–H and O–H groups in total. The molecule has 0 aliphatic heterocycles. The van der Waals surface area contributed by atoms with E-state index in [4.69, 9.17) is 4.98 Å². The Morgan fingerprint density at radius 1 is 1.00 bits per heavy atom. The van der Waals surface area contributed by atoms with E-state index >= 15 is 0 Å². The Balaban J connectivity index is 1.89. The van der Waals surface area contributed by atoms with Crippen LogP contribution in [0.5, 0.6) is 0 Å². The first-order valence-corrected chi connectivity index (χ1v) is 10.9. The monoisotopic (exact) mass is 394 g/mol. The van der Waals surface area contributed by atoms with E-state index in [0.717, 1.165) is 35.3 Å². The number of aromatic nitrogens is 2. The smallest absolute Gasteiger partial charge is 0.0719 e. The van der Waals surface area contributed by atoms with E-state index in [2.05, 4.69) is 93.6 Å². The molecule has 2 heteroatoms. The van der Waals surface area contributed by atoms with Gasteiger partial charge >= 0.3 is 0 Å². The molecule has 2 aromatic heterocycles. The summed E-state index contributed by atoms with van der Waals surface area (Å²) in [6, 6.07) is 17.6. The Hall–Kier alpha value is -3.13. The number of hydrogen-bond donors (Lipinski definition) is 0. The lowest BCUT2D eigenvalue weighted by Gasteiger charge is -2.13. The molecule has 30 heavy (non-hydrogen) atoms. The summed E-state index contributed by atoms with van der Waals surface area (Å²) in [5.41, 5.74) is 9.78. The summed E-state index contributed by atoms with van der Waals surface area (Å²) >= 11 is 0. The maximum absolute atomic E-state index is 4.92. The lowest BCUT2D eigenvalue weighted by Crippen LogP contribution is -1.97. The van der Waals surface area contributed by atoms with Crippen LogP contribution < -0.4 is 0 Å². The first kappa shape index (κ1) is 20.2. The van der Waals surface area contributed by atoms with Crippen LogP contribution in [0.25, 0.3) is 33.9 Å². The molecule has 0 fully saturated rings. The summed E-state index contributed by atoms with van der Waals surface area (Å²) in [5.74, 6) is 0.528. The highest BCUT2D eigenvalue weighted by Gasteiger charge is 2.14. The van der Waals surface area contributed by atoms with Crippen molar-refractivity contribution in [1.29, 1.82) is 0 Å². The van der Waals surface area contributed by atoms with Gasteiger partial charge in [-0.1, -0.05) is 70.7 Å². The van der Waals surface area contributed by atoms with Crippen molar-refractivity contribution in [2.75, 3.05) is 0 Å². The normalized spacial score (nSPS) is 11.4. The number of hydrogen-bond acceptors (Lipinski definition) is 1. The van der Waals surface area contributed by atoms with Gasteiger partial charge in [0.25, 0.3) is 0 Å². The van der Waals surface area contributed by atoms with Crippen LogP contribution in [0.1, 0.15) is 55.9 Å². The summed E-state index contributed by atoms with van der Waals surface area (Å²) in [6.07, 6.45) is 8.12. The van der Waals surface area contributed by atoms with Crippen molar-refractivity contribution in [2.45, 2.75) is 46.5 Å². The highest BCUT2D eigenvalue weighted by Crippen LogP contribution is 2.33. The number of nitrogens with zero attached hydrogens (tertiary/aromatic N) is 2. The SMILES string of the molecule is C=Cc1cn(-c2ccc(C(C)C)cc2)c2cnc(-c3c(CC)cccc3CC)cc12. The molecule has 152 valence electrons. The highest BCUT2D eigenvalue weighted by atomic mass is 15.0. The van der Waals surface area contributed by atoms with E-state index in [1.165, 1.54) is 27.6 Å². The van der Waals surface area contributed by atoms with Crippen LogP contribution in [0.3, 0.4) is 0 Å². The number of aryl methyl sites for hydroxylation is 2. The van der Waals surface area contributed by atoms with Gasteiger partial charge in [0.05, 0.1) is 17.4 Å². The second kappa shape index (κ2) is 8.31. The van der Waals surface area contributed by atoms with E-state index in [1.807, 2.05) is 12.3 Å². The number of rotatable bonds is 6. The van der Waals surface area contributed by atoms with Crippen LogP contribution >= 0.6 is 0 Å². The molecule has 0 saturated heterocycles. The van der Waals surface area contributed by atoms with Crippen LogP contribution in [0, 0.1) is 0 Å². The Labute approximate surface area is 179 Å². The topological polar surface area (TPSA) is 17.8 Å². The van der Waals surface area contributed by atoms with Crippen molar-refractivity contribution in [3.63, 3.8) is 0 Å². The minimum Gasteiger partial charge on any atom is -0.314 e. The summed E-state index contributed by atoms with van der Waals surface area (Å²) in [7, 11) is 0. The van der Waals surface area contributed by atoms with E-state index in [9.17, 15) is 0 Å². The molecule has 2 heterocycles. The van der Waals surface area contributed by atoms with Crippen molar-refractivity contribution in [1.82, 2.24) is 9.55 Å². The van der Waals surface area contributed by atoms with Crippen molar-refractivity contribution in [3.8, 4) is 16.9 Å². The molecule has 0 unspecified atom stereocenters. The van der Waals surface area contributed by atoms with E-state index in [0.29, 0.717) is 5.92 Å². The second-order valence-electron chi connectivity index (χ2n) is 8.15. The largest absolute Gasteiger partial charge is 0.314 e. The molecule has 4 rings (SSSR count). The summed E-state index contributed by atoms with van der Waals surface area (Å²) in [4.78, 5) is 4.92. The predicted octanol–water partition coefficient (Wildman–Crippen LogP) is 7.58. The van der Waals surface area contributed by atoms with Gasteiger partial charge in [-0.3, -0.25) is 4.98 Å². The van der Waals surface area contributed by atoms with Gasteiger partial charge in [0.2, 0.25) is 0 Å². The fourth-order valence-electron chi connectivity index (χ4n) is 4.25. The standard InChI is InChI=1S/C28H30N2/c1-6-20-10-9-11-21(7-2)28(20)26-16-25-22(8-3)18-30(27(25)17-29-26)24-14-12-23(13-15-24)19(4)5/h8-19H,3,6-7H2,1-2,4-5H3. The molecule has 0 amide bonds.